The monoisotopic (exact) mass is 718 g/mol. The average Bonchev–Trinajstić information content (AvgIpc) is 3.68. The minimum absolute atomic E-state index is 0.177. The zero-order valence-electron chi connectivity index (χ0n) is 27.2. The summed E-state index contributed by atoms with van der Waals surface area (Å²) in [5.41, 5.74) is -0.195. The zero-order chi connectivity index (χ0) is 36.0. The van der Waals surface area contributed by atoms with Gasteiger partial charge in [-0.25, -0.2) is 22.8 Å². The van der Waals surface area contributed by atoms with Crippen molar-refractivity contribution in [3.05, 3.63) is 84.4 Å². The van der Waals surface area contributed by atoms with E-state index in [1.165, 1.54) is 27.1 Å². The summed E-state index contributed by atoms with van der Waals surface area (Å²) in [4.78, 5) is 36.8. The second-order valence-electron chi connectivity index (χ2n) is 11.4. The first-order chi connectivity index (χ1) is 23.1. The number of methoxy groups -OCH3 is 1. The van der Waals surface area contributed by atoms with Crippen molar-refractivity contribution in [3.63, 3.8) is 0 Å². The van der Waals surface area contributed by atoms with Gasteiger partial charge in [0.2, 0.25) is 4.90 Å². The second kappa shape index (κ2) is 15.4. The number of esters is 3. The number of halogens is 2. The van der Waals surface area contributed by atoms with Crippen LogP contribution in [-0.4, -0.2) is 62.1 Å². The predicted molar refractivity (Wildman–Crippen MR) is 180 cm³/mol. The third-order valence-corrected chi connectivity index (χ3v) is 11.2. The van der Waals surface area contributed by atoms with Crippen LogP contribution in [0.4, 0.5) is 8.78 Å². The first kappa shape index (κ1) is 37.4. The standard InChI is InChI=1S/C29H29O5S.C6H8F2O5S/c1-3-29(16-8-9-17-29)34-27(30)19-33-28(31)20-14-15-23(32-2)26(18-20)35-24-12-6-4-10-21(24)22-11-5-7-13-25(22)35;1-4(2)5(9)13-3-6(7,8)14(10,11)12/h4-7,10-15,18H,3,8-9,16-17,19H2,1-2H3;1,3H2,2H3,(H,10,11,12)/q+1;/p-1. The van der Waals surface area contributed by atoms with Gasteiger partial charge in [-0.1, -0.05) is 37.8 Å². The lowest BCUT2D eigenvalue weighted by Crippen LogP contribution is -2.34. The number of alkyl halides is 2. The maximum Gasteiger partial charge on any atom is 0.367 e. The van der Waals surface area contributed by atoms with Crippen molar-refractivity contribution in [1.82, 2.24) is 0 Å². The van der Waals surface area contributed by atoms with E-state index in [0.717, 1.165) is 37.0 Å². The Morgan fingerprint density at radius 3 is 2.04 bits per heavy atom. The molecule has 0 aliphatic heterocycles. The van der Waals surface area contributed by atoms with Gasteiger partial charge in [-0.2, -0.15) is 8.78 Å². The molecule has 49 heavy (non-hydrogen) atoms. The van der Waals surface area contributed by atoms with Gasteiger partial charge in [0.05, 0.1) is 12.7 Å². The van der Waals surface area contributed by atoms with Crippen LogP contribution in [0.5, 0.6) is 5.75 Å². The zero-order valence-corrected chi connectivity index (χ0v) is 28.8. The summed E-state index contributed by atoms with van der Waals surface area (Å²) in [5, 5.41) is -2.22. The molecule has 0 bridgehead atoms. The van der Waals surface area contributed by atoms with Gasteiger partial charge in [0.25, 0.3) is 0 Å². The number of rotatable bonds is 11. The van der Waals surface area contributed by atoms with E-state index in [1.54, 1.807) is 19.2 Å². The molecule has 0 saturated heterocycles. The summed E-state index contributed by atoms with van der Waals surface area (Å²) in [7, 11) is -4.60. The van der Waals surface area contributed by atoms with E-state index in [4.69, 9.17) is 14.2 Å². The summed E-state index contributed by atoms with van der Waals surface area (Å²) in [5.74, 6) is -1.52. The van der Waals surface area contributed by atoms with Crippen molar-refractivity contribution >= 4 is 58.7 Å². The predicted octanol–water partition coefficient (Wildman–Crippen LogP) is 7.41. The Labute approximate surface area is 285 Å². The third-order valence-electron chi connectivity index (χ3n) is 8.02. The van der Waals surface area contributed by atoms with Crippen LogP contribution in [0.3, 0.4) is 0 Å². The van der Waals surface area contributed by atoms with Crippen LogP contribution in [0.25, 0.3) is 25.1 Å². The summed E-state index contributed by atoms with van der Waals surface area (Å²) >= 11 is 0. The van der Waals surface area contributed by atoms with Crippen molar-refractivity contribution in [2.24, 2.45) is 0 Å². The van der Waals surface area contributed by atoms with Gasteiger partial charge >= 0.3 is 23.2 Å². The van der Waals surface area contributed by atoms with Crippen LogP contribution in [0.1, 0.15) is 56.3 Å². The van der Waals surface area contributed by atoms with Crippen LogP contribution in [-0.2, 0) is 33.9 Å². The molecule has 1 fully saturated rings. The largest absolute Gasteiger partial charge is 0.743 e. The molecule has 1 saturated carbocycles. The molecule has 0 N–H and O–H groups in total. The molecule has 262 valence electrons. The van der Waals surface area contributed by atoms with E-state index in [2.05, 4.69) is 35.6 Å². The van der Waals surface area contributed by atoms with Crippen LogP contribution in [0, 0.1) is 0 Å². The van der Waals surface area contributed by atoms with E-state index in [1.807, 2.05) is 37.3 Å². The number of hydrogen-bond donors (Lipinski definition) is 0. The topological polar surface area (TPSA) is 145 Å². The molecule has 1 aliphatic carbocycles. The molecule has 14 heteroatoms. The summed E-state index contributed by atoms with van der Waals surface area (Å²) in [6, 6.07) is 22.0. The lowest BCUT2D eigenvalue weighted by Gasteiger charge is -2.27. The maximum absolute atomic E-state index is 12.9. The highest BCUT2D eigenvalue weighted by Crippen LogP contribution is 2.51. The maximum atomic E-state index is 12.9. The van der Waals surface area contributed by atoms with Crippen molar-refractivity contribution in [3.8, 4) is 10.6 Å². The smallest absolute Gasteiger partial charge is 0.367 e. The molecular weight excluding hydrogens is 683 g/mol. The molecule has 0 radical (unpaired) electrons. The molecule has 4 aromatic rings. The van der Waals surface area contributed by atoms with Crippen molar-refractivity contribution in [2.45, 2.75) is 56.8 Å². The molecule has 1 aromatic heterocycles. The van der Waals surface area contributed by atoms with Gasteiger partial charge in [-0.3, -0.25) is 0 Å². The number of ether oxygens (including phenoxy) is 4. The molecule has 5 rings (SSSR count). The Morgan fingerprint density at radius 1 is 0.959 bits per heavy atom. The summed E-state index contributed by atoms with van der Waals surface area (Å²) < 4.78 is 77.5. The molecule has 0 unspecified atom stereocenters. The number of carbonyl (C=O) groups excluding carboxylic acids is 3. The van der Waals surface area contributed by atoms with Gasteiger partial charge in [-0.15, -0.1) is 0 Å². The minimum atomic E-state index is -5.81. The molecular formula is C35H36F2O10S2. The quantitative estimate of drug-likeness (QED) is 0.0505. The Kier molecular flexibility index (Phi) is 11.8. The Balaban J connectivity index is 0.000000328. The average molecular weight is 719 g/mol. The Morgan fingerprint density at radius 2 is 1.53 bits per heavy atom. The number of benzene rings is 3. The SMILES string of the molecule is C=C(C)C(=O)OCC(F)(F)S(=O)(=O)[O-].CCC1(OC(=O)COC(=O)c2ccc(OC)c(-[s+]3c4ccccc4c4ccccc43)c2)CCCC1. The van der Waals surface area contributed by atoms with Gasteiger partial charge in [0.15, 0.2) is 38.5 Å². The van der Waals surface area contributed by atoms with E-state index in [-0.39, 0.29) is 12.2 Å². The number of thiophene rings is 1. The highest BCUT2D eigenvalue weighted by atomic mass is 32.2. The van der Waals surface area contributed by atoms with Crippen molar-refractivity contribution in [1.29, 1.82) is 0 Å². The second-order valence-corrected chi connectivity index (χ2v) is 14.8. The highest BCUT2D eigenvalue weighted by Gasteiger charge is 2.39. The minimum Gasteiger partial charge on any atom is -0.743 e. The fraction of sp³-hybridized carbons (Fsp3) is 0.343. The van der Waals surface area contributed by atoms with Gasteiger partial charge in [0, 0.05) is 32.9 Å². The van der Waals surface area contributed by atoms with E-state index >= 15 is 0 Å². The Hall–Kier alpha value is -4.40. The fourth-order valence-corrected chi connectivity index (χ4v) is 8.16. The lowest BCUT2D eigenvalue weighted by atomic mass is 9.99. The molecule has 0 atom stereocenters. The third kappa shape index (κ3) is 8.61. The van der Waals surface area contributed by atoms with Gasteiger partial charge < -0.3 is 23.5 Å². The lowest BCUT2D eigenvalue weighted by molar-refractivity contribution is -0.163. The molecule has 10 nitrogen and oxygen atoms in total. The van der Waals surface area contributed by atoms with Gasteiger partial charge in [0.1, 0.15) is 5.60 Å². The Bertz CT molecular complexity index is 1930. The van der Waals surface area contributed by atoms with Crippen LogP contribution in [0.2, 0.25) is 0 Å². The normalized spacial score (nSPS) is 14.1. The number of carbonyl (C=O) groups is 3. The molecule has 3 aromatic carbocycles. The van der Waals surface area contributed by atoms with E-state index in [9.17, 15) is 36.1 Å². The van der Waals surface area contributed by atoms with Crippen molar-refractivity contribution in [2.75, 3.05) is 20.3 Å². The molecule has 1 aliphatic rings. The van der Waals surface area contributed by atoms with Crippen LogP contribution >= 0.6 is 10.5 Å². The fourth-order valence-electron chi connectivity index (χ4n) is 5.42. The molecule has 1 heterocycles. The molecule has 0 amide bonds. The number of hydrogen-bond acceptors (Lipinski definition) is 10. The summed E-state index contributed by atoms with van der Waals surface area (Å²) in [6.45, 7) is 4.10. The first-order valence-corrected chi connectivity index (χ1v) is 17.9. The summed E-state index contributed by atoms with van der Waals surface area (Å²) in [6.07, 6.45) is 4.64. The van der Waals surface area contributed by atoms with Crippen LogP contribution in [0.15, 0.2) is 78.9 Å². The van der Waals surface area contributed by atoms with E-state index < -0.39 is 56.0 Å². The van der Waals surface area contributed by atoms with Crippen molar-refractivity contribution < 1.29 is 55.1 Å². The number of fused-ring (bicyclic) bond motifs is 3. The van der Waals surface area contributed by atoms with Gasteiger partial charge in [-0.05, 0) is 75.4 Å². The molecule has 0 spiro atoms. The first-order valence-electron chi connectivity index (χ1n) is 15.3. The van der Waals surface area contributed by atoms with E-state index in [0.29, 0.717) is 11.3 Å². The van der Waals surface area contributed by atoms with Crippen LogP contribution < -0.4 is 4.74 Å². The highest BCUT2D eigenvalue weighted by molar-refractivity contribution is 7.86.